The van der Waals surface area contributed by atoms with Crippen LogP contribution in [-0.2, 0) is 9.53 Å². The zero-order valence-corrected chi connectivity index (χ0v) is 12.6. The van der Waals surface area contributed by atoms with Crippen LogP contribution in [0.4, 0.5) is 0 Å². The van der Waals surface area contributed by atoms with E-state index in [9.17, 15) is 4.79 Å². The molecule has 1 amide bonds. The Morgan fingerprint density at radius 3 is 2.33 bits per heavy atom. The number of rotatable bonds is 8. The van der Waals surface area contributed by atoms with Crippen LogP contribution >= 0.6 is 11.6 Å². The molecule has 0 saturated heterocycles. The summed E-state index contributed by atoms with van der Waals surface area (Å²) in [5.41, 5.74) is -0.150. The molecular formula is C14H26ClNO2. The molecule has 106 valence electrons. The highest BCUT2D eigenvalue weighted by Gasteiger charge is 2.39. The van der Waals surface area contributed by atoms with Crippen molar-refractivity contribution < 1.29 is 9.53 Å². The predicted octanol–water partition coefficient (Wildman–Crippen LogP) is 3.11. The van der Waals surface area contributed by atoms with Gasteiger partial charge in [-0.05, 0) is 32.1 Å². The molecule has 1 fully saturated rings. The molecule has 0 bridgehead atoms. The Labute approximate surface area is 116 Å². The molecule has 0 radical (unpaired) electrons. The highest BCUT2D eigenvalue weighted by Crippen LogP contribution is 2.38. The molecule has 1 rings (SSSR count). The van der Waals surface area contributed by atoms with Crippen LogP contribution in [0.25, 0.3) is 0 Å². The topological polar surface area (TPSA) is 38.3 Å². The Kier molecular flexibility index (Phi) is 5.93. The zero-order chi connectivity index (χ0) is 13.6. The van der Waals surface area contributed by atoms with Crippen molar-refractivity contribution in [2.45, 2.75) is 58.0 Å². The van der Waals surface area contributed by atoms with Crippen LogP contribution in [-0.4, -0.2) is 31.0 Å². The van der Waals surface area contributed by atoms with Gasteiger partial charge in [-0.1, -0.05) is 13.8 Å². The third-order valence-corrected chi connectivity index (χ3v) is 5.19. The number of amides is 1. The minimum atomic E-state index is -0.188. The van der Waals surface area contributed by atoms with Gasteiger partial charge in [-0.15, -0.1) is 11.6 Å². The van der Waals surface area contributed by atoms with Crippen molar-refractivity contribution in [2.75, 3.05) is 19.5 Å². The first kappa shape index (κ1) is 15.8. The second-order valence-electron chi connectivity index (χ2n) is 5.53. The van der Waals surface area contributed by atoms with Crippen LogP contribution in [0, 0.1) is 5.41 Å². The number of hydrogen-bond acceptors (Lipinski definition) is 2. The molecule has 0 aliphatic heterocycles. The highest BCUT2D eigenvalue weighted by molar-refractivity contribution is 6.18. The van der Waals surface area contributed by atoms with Gasteiger partial charge < -0.3 is 10.1 Å². The van der Waals surface area contributed by atoms with Crippen molar-refractivity contribution in [1.82, 2.24) is 5.32 Å². The van der Waals surface area contributed by atoms with Gasteiger partial charge in [0.1, 0.15) is 0 Å². The first-order valence-corrected chi connectivity index (χ1v) is 7.46. The van der Waals surface area contributed by atoms with Gasteiger partial charge in [-0.2, -0.15) is 0 Å². The monoisotopic (exact) mass is 275 g/mol. The molecule has 1 aliphatic carbocycles. The lowest BCUT2D eigenvalue weighted by Gasteiger charge is -2.40. The molecule has 1 aliphatic rings. The van der Waals surface area contributed by atoms with Gasteiger partial charge in [-0.25, -0.2) is 0 Å². The van der Waals surface area contributed by atoms with Crippen LogP contribution < -0.4 is 5.32 Å². The molecular weight excluding hydrogens is 250 g/mol. The molecule has 0 heterocycles. The lowest BCUT2D eigenvalue weighted by atomic mass is 9.77. The van der Waals surface area contributed by atoms with E-state index in [0.717, 1.165) is 32.1 Å². The molecule has 3 nitrogen and oxygen atoms in total. The molecule has 0 aromatic carbocycles. The Bertz CT molecular complexity index is 259. The summed E-state index contributed by atoms with van der Waals surface area (Å²) in [5, 5.41) is 3.03. The zero-order valence-electron chi connectivity index (χ0n) is 11.9. The summed E-state index contributed by atoms with van der Waals surface area (Å²) in [6, 6.07) is 0. The van der Waals surface area contributed by atoms with Crippen molar-refractivity contribution in [3.05, 3.63) is 0 Å². The lowest BCUT2D eigenvalue weighted by molar-refractivity contribution is -0.134. The molecule has 18 heavy (non-hydrogen) atoms. The summed E-state index contributed by atoms with van der Waals surface area (Å²) in [4.78, 5) is 12.0. The van der Waals surface area contributed by atoms with Gasteiger partial charge >= 0.3 is 0 Å². The SMILES string of the molecule is CCC(CC)(CCl)CNC(=O)CC1(OC)CCC1. The maximum absolute atomic E-state index is 12.0. The fourth-order valence-corrected chi connectivity index (χ4v) is 2.87. The van der Waals surface area contributed by atoms with Gasteiger partial charge in [0.15, 0.2) is 0 Å². The van der Waals surface area contributed by atoms with Crippen molar-refractivity contribution in [3.63, 3.8) is 0 Å². The second kappa shape index (κ2) is 6.76. The number of nitrogens with one attached hydrogen (secondary N) is 1. The van der Waals surface area contributed by atoms with E-state index in [-0.39, 0.29) is 16.9 Å². The van der Waals surface area contributed by atoms with E-state index in [2.05, 4.69) is 19.2 Å². The number of carbonyl (C=O) groups excluding carboxylic acids is 1. The number of ether oxygens (including phenoxy) is 1. The Balaban J connectivity index is 2.40. The maximum Gasteiger partial charge on any atom is 0.222 e. The van der Waals surface area contributed by atoms with Crippen LogP contribution in [0.3, 0.4) is 0 Å². The Morgan fingerprint density at radius 2 is 2.00 bits per heavy atom. The average Bonchev–Trinajstić information content (AvgIpc) is 2.36. The minimum absolute atomic E-state index is 0.0388. The molecule has 0 aromatic heterocycles. The van der Waals surface area contributed by atoms with Crippen LogP contribution in [0.1, 0.15) is 52.4 Å². The molecule has 4 heteroatoms. The van der Waals surface area contributed by atoms with Gasteiger partial charge in [0.2, 0.25) is 5.91 Å². The third kappa shape index (κ3) is 3.61. The van der Waals surface area contributed by atoms with Gasteiger partial charge in [0.25, 0.3) is 0 Å². The quantitative estimate of drug-likeness (QED) is 0.691. The third-order valence-electron chi connectivity index (χ3n) is 4.62. The number of alkyl halides is 1. The van der Waals surface area contributed by atoms with E-state index in [1.807, 2.05) is 0 Å². The number of halogens is 1. The Hall–Kier alpha value is -0.280. The number of methoxy groups -OCH3 is 1. The molecule has 0 spiro atoms. The second-order valence-corrected chi connectivity index (χ2v) is 5.80. The molecule has 1 saturated carbocycles. The van der Waals surface area contributed by atoms with Crippen LogP contribution in [0.2, 0.25) is 0 Å². The summed E-state index contributed by atoms with van der Waals surface area (Å²) in [6.07, 6.45) is 5.62. The summed E-state index contributed by atoms with van der Waals surface area (Å²) >= 11 is 6.03. The van der Waals surface area contributed by atoms with E-state index < -0.39 is 0 Å². The lowest BCUT2D eigenvalue weighted by Crippen LogP contribution is -2.46. The van der Waals surface area contributed by atoms with Crippen molar-refractivity contribution in [1.29, 1.82) is 0 Å². The van der Waals surface area contributed by atoms with Gasteiger partial charge in [-0.3, -0.25) is 4.79 Å². The van der Waals surface area contributed by atoms with E-state index >= 15 is 0 Å². The minimum Gasteiger partial charge on any atom is -0.378 e. The van der Waals surface area contributed by atoms with Crippen molar-refractivity contribution in [2.24, 2.45) is 5.41 Å². The number of carbonyl (C=O) groups is 1. The van der Waals surface area contributed by atoms with E-state index in [4.69, 9.17) is 16.3 Å². The molecule has 0 unspecified atom stereocenters. The standard InChI is InChI=1S/C14H26ClNO2/c1-4-13(5-2,10-15)11-16-12(17)9-14(18-3)7-6-8-14/h4-11H2,1-3H3,(H,16,17). The first-order valence-electron chi connectivity index (χ1n) is 6.93. The summed E-state index contributed by atoms with van der Waals surface area (Å²) in [5.74, 6) is 0.684. The summed E-state index contributed by atoms with van der Waals surface area (Å²) in [6.45, 7) is 4.92. The van der Waals surface area contributed by atoms with E-state index in [0.29, 0.717) is 18.8 Å². The fraction of sp³-hybridized carbons (Fsp3) is 0.929. The number of hydrogen-bond donors (Lipinski definition) is 1. The molecule has 0 aromatic rings. The highest BCUT2D eigenvalue weighted by atomic mass is 35.5. The molecule has 1 N–H and O–H groups in total. The van der Waals surface area contributed by atoms with E-state index in [1.165, 1.54) is 0 Å². The maximum atomic E-state index is 12.0. The van der Waals surface area contributed by atoms with Crippen molar-refractivity contribution >= 4 is 17.5 Å². The first-order chi connectivity index (χ1) is 8.55. The normalized spacial score (nSPS) is 18.2. The fourth-order valence-electron chi connectivity index (χ4n) is 2.40. The van der Waals surface area contributed by atoms with Crippen molar-refractivity contribution in [3.8, 4) is 0 Å². The average molecular weight is 276 g/mol. The largest absolute Gasteiger partial charge is 0.378 e. The summed E-state index contributed by atoms with van der Waals surface area (Å²) < 4.78 is 5.47. The van der Waals surface area contributed by atoms with Crippen LogP contribution in [0.15, 0.2) is 0 Å². The van der Waals surface area contributed by atoms with Gasteiger partial charge in [0, 0.05) is 24.9 Å². The van der Waals surface area contributed by atoms with Crippen LogP contribution in [0.5, 0.6) is 0 Å². The molecule has 0 atom stereocenters. The summed E-state index contributed by atoms with van der Waals surface area (Å²) in [7, 11) is 1.70. The smallest absolute Gasteiger partial charge is 0.222 e. The van der Waals surface area contributed by atoms with Gasteiger partial charge in [0.05, 0.1) is 12.0 Å². The van der Waals surface area contributed by atoms with E-state index in [1.54, 1.807) is 7.11 Å². The predicted molar refractivity (Wildman–Crippen MR) is 75.0 cm³/mol. The Morgan fingerprint density at radius 1 is 1.39 bits per heavy atom.